The Balaban J connectivity index is 1.72. The quantitative estimate of drug-likeness (QED) is 0.725. The lowest BCUT2D eigenvalue weighted by Crippen LogP contribution is -2.24. The minimum atomic E-state index is -0.640. The van der Waals surface area contributed by atoms with E-state index in [1.54, 1.807) is 7.11 Å². The summed E-state index contributed by atoms with van der Waals surface area (Å²) in [6.07, 6.45) is -0.640. The molecule has 2 aromatic carbocycles. The molecule has 3 aromatic rings. The molecule has 0 saturated heterocycles. The van der Waals surface area contributed by atoms with Crippen LogP contribution in [0.25, 0.3) is 11.0 Å². The number of hydrogen-bond donors (Lipinski definition) is 1. The topological polar surface area (TPSA) is 56.5 Å². The Kier molecular flexibility index (Phi) is 5.13. The minimum Gasteiger partial charge on any atom is -0.491 e. The molecule has 1 atom stereocenters. The highest BCUT2D eigenvalue weighted by Crippen LogP contribution is 2.18. The molecule has 0 unspecified atom stereocenters. The van der Waals surface area contributed by atoms with E-state index in [9.17, 15) is 5.11 Å². The van der Waals surface area contributed by atoms with Crippen molar-refractivity contribution < 1.29 is 14.6 Å². The van der Waals surface area contributed by atoms with Crippen molar-refractivity contribution in [3.63, 3.8) is 0 Å². The Morgan fingerprint density at radius 3 is 2.79 bits per heavy atom. The van der Waals surface area contributed by atoms with Crippen molar-refractivity contribution in [1.29, 1.82) is 0 Å². The zero-order valence-corrected chi connectivity index (χ0v) is 14.0. The van der Waals surface area contributed by atoms with Gasteiger partial charge in [-0.25, -0.2) is 4.98 Å². The predicted molar refractivity (Wildman–Crippen MR) is 93.1 cm³/mol. The highest BCUT2D eigenvalue weighted by molar-refractivity contribution is 5.75. The second-order valence-electron chi connectivity index (χ2n) is 5.84. The van der Waals surface area contributed by atoms with Gasteiger partial charge in [0.15, 0.2) is 0 Å². The van der Waals surface area contributed by atoms with Gasteiger partial charge in [0.05, 0.1) is 17.6 Å². The summed E-state index contributed by atoms with van der Waals surface area (Å²) in [6.45, 7) is 3.05. The van der Waals surface area contributed by atoms with E-state index in [2.05, 4.69) is 4.98 Å². The molecule has 24 heavy (non-hydrogen) atoms. The van der Waals surface area contributed by atoms with Gasteiger partial charge in [0.1, 0.15) is 30.9 Å². The zero-order chi connectivity index (χ0) is 16.9. The van der Waals surface area contributed by atoms with Gasteiger partial charge in [-0.1, -0.05) is 24.3 Å². The van der Waals surface area contributed by atoms with Gasteiger partial charge in [-0.3, -0.25) is 0 Å². The third-order valence-corrected chi connectivity index (χ3v) is 3.83. The molecule has 0 aliphatic rings. The highest BCUT2D eigenvalue weighted by Gasteiger charge is 2.14. The number of aliphatic hydroxyl groups is 1. The van der Waals surface area contributed by atoms with E-state index < -0.39 is 6.10 Å². The fourth-order valence-electron chi connectivity index (χ4n) is 2.73. The summed E-state index contributed by atoms with van der Waals surface area (Å²) in [5.41, 5.74) is 3.01. The van der Waals surface area contributed by atoms with Crippen molar-refractivity contribution in [2.24, 2.45) is 0 Å². The molecule has 0 spiro atoms. The van der Waals surface area contributed by atoms with Crippen LogP contribution in [0.5, 0.6) is 5.75 Å². The maximum Gasteiger partial charge on any atom is 0.136 e. The van der Waals surface area contributed by atoms with Crippen molar-refractivity contribution >= 4 is 11.0 Å². The van der Waals surface area contributed by atoms with Gasteiger partial charge >= 0.3 is 0 Å². The van der Waals surface area contributed by atoms with Crippen LogP contribution in [-0.4, -0.2) is 34.5 Å². The van der Waals surface area contributed by atoms with Crippen LogP contribution >= 0.6 is 0 Å². The molecular weight excluding hydrogens is 304 g/mol. The molecule has 1 aromatic heterocycles. The van der Waals surface area contributed by atoms with Crippen LogP contribution < -0.4 is 4.74 Å². The SMILES string of the molecule is COCc1nc2ccccc2n1C[C@@H](O)COc1cccc(C)c1. The first-order valence-corrected chi connectivity index (χ1v) is 7.98. The molecule has 0 bridgehead atoms. The van der Waals surface area contributed by atoms with Crippen molar-refractivity contribution in [3.05, 3.63) is 59.9 Å². The molecule has 126 valence electrons. The largest absolute Gasteiger partial charge is 0.491 e. The molecule has 1 N–H and O–H groups in total. The molecule has 5 nitrogen and oxygen atoms in total. The first-order chi connectivity index (χ1) is 11.7. The van der Waals surface area contributed by atoms with Gasteiger partial charge in [-0.05, 0) is 36.8 Å². The summed E-state index contributed by atoms with van der Waals surface area (Å²) >= 11 is 0. The van der Waals surface area contributed by atoms with E-state index in [0.717, 1.165) is 28.2 Å². The number of hydrogen-bond acceptors (Lipinski definition) is 4. The Morgan fingerprint density at radius 2 is 2.00 bits per heavy atom. The summed E-state index contributed by atoms with van der Waals surface area (Å²) in [7, 11) is 1.64. The molecule has 5 heteroatoms. The smallest absolute Gasteiger partial charge is 0.136 e. The summed E-state index contributed by atoms with van der Waals surface area (Å²) in [5.74, 6) is 1.56. The van der Waals surface area contributed by atoms with Gasteiger partial charge in [-0.15, -0.1) is 0 Å². The third-order valence-electron chi connectivity index (χ3n) is 3.83. The fraction of sp³-hybridized carbons (Fsp3) is 0.316. The maximum absolute atomic E-state index is 10.4. The average molecular weight is 326 g/mol. The van der Waals surface area contributed by atoms with Crippen molar-refractivity contribution in [3.8, 4) is 5.75 Å². The lowest BCUT2D eigenvalue weighted by Gasteiger charge is -2.15. The van der Waals surface area contributed by atoms with E-state index >= 15 is 0 Å². The maximum atomic E-state index is 10.4. The number of aryl methyl sites for hydroxylation is 1. The van der Waals surface area contributed by atoms with E-state index in [-0.39, 0.29) is 6.61 Å². The summed E-state index contributed by atoms with van der Waals surface area (Å²) in [6, 6.07) is 15.7. The Hall–Kier alpha value is -2.37. The lowest BCUT2D eigenvalue weighted by atomic mass is 10.2. The summed E-state index contributed by atoms with van der Waals surface area (Å²) in [4.78, 5) is 4.57. The number of nitrogens with zero attached hydrogens (tertiary/aromatic N) is 2. The van der Waals surface area contributed by atoms with Crippen LogP contribution in [0.15, 0.2) is 48.5 Å². The van der Waals surface area contributed by atoms with Gasteiger partial charge in [0, 0.05) is 7.11 Å². The number of benzene rings is 2. The molecule has 0 saturated carbocycles. The van der Waals surface area contributed by atoms with E-state index in [4.69, 9.17) is 9.47 Å². The summed E-state index contributed by atoms with van der Waals surface area (Å²) < 4.78 is 12.9. The molecule has 0 aliphatic carbocycles. The van der Waals surface area contributed by atoms with Gasteiger partial charge in [0.2, 0.25) is 0 Å². The van der Waals surface area contributed by atoms with Gasteiger partial charge < -0.3 is 19.1 Å². The first-order valence-electron chi connectivity index (χ1n) is 7.98. The standard InChI is InChI=1S/C19H22N2O3/c1-14-6-5-7-16(10-14)24-12-15(22)11-21-18-9-4-3-8-17(18)20-19(21)13-23-2/h3-10,15,22H,11-13H2,1-2H3/t15-/m1/s1. The monoisotopic (exact) mass is 326 g/mol. The number of aliphatic hydroxyl groups excluding tert-OH is 1. The molecule has 0 fully saturated rings. The van der Waals surface area contributed by atoms with E-state index in [1.807, 2.05) is 60.0 Å². The molecule has 0 amide bonds. The van der Waals surface area contributed by atoms with Crippen molar-refractivity contribution in [2.75, 3.05) is 13.7 Å². The van der Waals surface area contributed by atoms with Crippen LogP contribution in [0.3, 0.4) is 0 Å². The second kappa shape index (κ2) is 7.47. The van der Waals surface area contributed by atoms with Crippen LogP contribution in [0.2, 0.25) is 0 Å². The fourth-order valence-corrected chi connectivity index (χ4v) is 2.73. The van der Waals surface area contributed by atoms with Crippen LogP contribution in [0.1, 0.15) is 11.4 Å². The molecule has 0 radical (unpaired) electrons. The minimum absolute atomic E-state index is 0.225. The summed E-state index contributed by atoms with van der Waals surface area (Å²) in [5, 5.41) is 10.4. The number of rotatable bonds is 7. The Bertz CT molecular complexity index is 813. The second-order valence-corrected chi connectivity index (χ2v) is 5.84. The van der Waals surface area contributed by atoms with Gasteiger partial charge in [0.25, 0.3) is 0 Å². The average Bonchev–Trinajstić information content (AvgIpc) is 2.91. The predicted octanol–water partition coefficient (Wildman–Crippen LogP) is 2.93. The van der Waals surface area contributed by atoms with E-state index in [1.165, 1.54) is 0 Å². The normalized spacial score (nSPS) is 12.5. The molecule has 3 rings (SSSR count). The number of ether oxygens (including phenoxy) is 2. The molecule has 1 heterocycles. The number of fused-ring (bicyclic) bond motifs is 1. The number of methoxy groups -OCH3 is 1. The third kappa shape index (κ3) is 3.75. The zero-order valence-electron chi connectivity index (χ0n) is 14.0. The Morgan fingerprint density at radius 1 is 1.17 bits per heavy atom. The Labute approximate surface area is 141 Å². The highest BCUT2D eigenvalue weighted by atomic mass is 16.5. The van der Waals surface area contributed by atoms with Gasteiger partial charge in [-0.2, -0.15) is 0 Å². The van der Waals surface area contributed by atoms with Crippen molar-refractivity contribution in [1.82, 2.24) is 9.55 Å². The molecule has 0 aliphatic heterocycles. The van der Waals surface area contributed by atoms with Crippen LogP contribution in [-0.2, 0) is 17.9 Å². The van der Waals surface area contributed by atoms with E-state index in [0.29, 0.717) is 13.2 Å². The number of imidazole rings is 1. The lowest BCUT2D eigenvalue weighted by molar-refractivity contribution is 0.0901. The first kappa shape index (κ1) is 16.5. The van der Waals surface area contributed by atoms with Crippen LogP contribution in [0, 0.1) is 6.92 Å². The number of para-hydroxylation sites is 2. The number of aromatic nitrogens is 2. The van der Waals surface area contributed by atoms with Crippen LogP contribution in [0.4, 0.5) is 0 Å². The van der Waals surface area contributed by atoms with Crippen molar-refractivity contribution in [2.45, 2.75) is 26.2 Å². The molecular formula is C19H22N2O3.